The van der Waals surface area contributed by atoms with Crippen LogP contribution >= 0.6 is 11.6 Å². The van der Waals surface area contributed by atoms with E-state index in [0.717, 1.165) is 38.4 Å². The van der Waals surface area contributed by atoms with Crippen LogP contribution in [0, 0.1) is 0 Å². The Morgan fingerprint density at radius 3 is 2.14 bits per heavy atom. The molecule has 0 unspecified atom stereocenters. The lowest BCUT2D eigenvalue weighted by molar-refractivity contribution is -0.0531. The van der Waals surface area contributed by atoms with Gasteiger partial charge in [0.2, 0.25) is 0 Å². The van der Waals surface area contributed by atoms with Crippen LogP contribution in [0.2, 0.25) is 0 Å². The van der Waals surface area contributed by atoms with Crippen molar-refractivity contribution in [2.45, 2.75) is 84.0 Å². The molecule has 0 aromatic carbocycles. The van der Waals surface area contributed by atoms with Crippen LogP contribution in [0.3, 0.4) is 0 Å². The molecule has 0 rings (SSSR count). The Balaban J connectivity index is 3.01. The van der Waals surface area contributed by atoms with Crippen LogP contribution in [0.5, 0.6) is 0 Å². The topological polar surface area (TPSA) is 18.5 Å². The Kier molecular flexibility index (Phi) is 20.9. The minimum absolute atomic E-state index is 0.446. The van der Waals surface area contributed by atoms with Crippen LogP contribution in [0.1, 0.15) is 84.0 Å². The molecule has 0 atom stereocenters. The van der Waals surface area contributed by atoms with Gasteiger partial charge in [0.15, 0.2) is 0 Å². The summed E-state index contributed by atoms with van der Waals surface area (Å²) in [5.74, 6) is 0.800. The molecule has 0 heterocycles. The van der Waals surface area contributed by atoms with Gasteiger partial charge < -0.3 is 9.47 Å². The van der Waals surface area contributed by atoms with Gasteiger partial charge in [-0.25, -0.2) is 0 Å². The maximum Gasteiger partial charge on any atom is 0.146 e. The van der Waals surface area contributed by atoms with Gasteiger partial charge in [0.25, 0.3) is 0 Å². The summed E-state index contributed by atoms with van der Waals surface area (Å²) < 4.78 is 10.9. The van der Waals surface area contributed by atoms with E-state index in [0.29, 0.717) is 6.79 Å². The molecule has 0 aliphatic rings. The number of unbranched alkanes of at least 4 members (excludes halogenated alkanes) is 9. The second-order valence-electron chi connectivity index (χ2n) is 5.85. The zero-order chi connectivity index (χ0) is 16.1. The lowest BCUT2D eigenvalue weighted by atomic mass is 10.1. The van der Waals surface area contributed by atoms with Crippen molar-refractivity contribution < 1.29 is 9.47 Å². The summed E-state index contributed by atoms with van der Waals surface area (Å²) in [7, 11) is 0. The van der Waals surface area contributed by atoms with E-state index in [1.165, 1.54) is 57.8 Å². The highest BCUT2D eigenvalue weighted by Gasteiger charge is 1.91. The number of ether oxygens (including phenoxy) is 2. The van der Waals surface area contributed by atoms with Crippen molar-refractivity contribution in [1.82, 2.24) is 0 Å². The van der Waals surface area contributed by atoms with Crippen molar-refractivity contribution in [3.63, 3.8) is 0 Å². The van der Waals surface area contributed by atoms with Gasteiger partial charge in [-0.3, -0.25) is 0 Å². The van der Waals surface area contributed by atoms with Crippen molar-refractivity contribution in [3.8, 4) is 0 Å². The average molecular weight is 333 g/mol. The smallest absolute Gasteiger partial charge is 0.146 e. The molecule has 0 N–H and O–H groups in total. The maximum atomic E-state index is 5.64. The predicted molar refractivity (Wildman–Crippen MR) is 97.7 cm³/mol. The standard InChI is InChI=1S/C19H37ClO2/c1-2-3-4-5-11-14-17-21-19-22-18-15-12-9-7-6-8-10-13-16-20/h9,12H,2-8,10-11,13-19H2,1H3. The third-order valence-corrected chi connectivity index (χ3v) is 3.93. The lowest BCUT2D eigenvalue weighted by Crippen LogP contribution is -2.02. The van der Waals surface area contributed by atoms with Crippen molar-refractivity contribution in [3.05, 3.63) is 12.2 Å². The van der Waals surface area contributed by atoms with E-state index in [-0.39, 0.29) is 0 Å². The minimum Gasteiger partial charge on any atom is -0.355 e. The monoisotopic (exact) mass is 332 g/mol. The first-order valence-corrected chi connectivity index (χ1v) is 9.81. The van der Waals surface area contributed by atoms with Gasteiger partial charge in [0, 0.05) is 12.5 Å². The summed E-state index contributed by atoms with van der Waals surface area (Å²) in [6.07, 6.45) is 19.5. The third-order valence-electron chi connectivity index (χ3n) is 3.66. The molecule has 0 aromatic heterocycles. The van der Waals surface area contributed by atoms with Gasteiger partial charge in [-0.05, 0) is 32.1 Å². The van der Waals surface area contributed by atoms with Gasteiger partial charge in [0.05, 0.1) is 6.61 Å². The second kappa shape index (κ2) is 20.9. The highest BCUT2D eigenvalue weighted by atomic mass is 35.5. The molecule has 0 amide bonds. The summed E-state index contributed by atoms with van der Waals surface area (Å²) >= 11 is 5.64. The second-order valence-corrected chi connectivity index (χ2v) is 6.23. The van der Waals surface area contributed by atoms with Crippen molar-refractivity contribution in [1.29, 1.82) is 0 Å². The maximum absolute atomic E-state index is 5.64. The fourth-order valence-electron chi connectivity index (χ4n) is 2.26. The Labute approximate surface area is 143 Å². The van der Waals surface area contributed by atoms with Crippen LogP contribution in [-0.2, 0) is 9.47 Å². The summed E-state index contributed by atoms with van der Waals surface area (Å²) in [6.45, 7) is 4.30. The fourth-order valence-corrected chi connectivity index (χ4v) is 2.45. The van der Waals surface area contributed by atoms with E-state index in [1.807, 2.05) is 0 Å². The van der Waals surface area contributed by atoms with Gasteiger partial charge in [0.1, 0.15) is 6.79 Å². The average Bonchev–Trinajstić information content (AvgIpc) is 2.54. The van der Waals surface area contributed by atoms with Gasteiger partial charge in [-0.15, -0.1) is 11.6 Å². The van der Waals surface area contributed by atoms with E-state index in [1.54, 1.807) is 0 Å². The molecule has 3 heteroatoms. The molecule has 22 heavy (non-hydrogen) atoms. The number of hydrogen-bond donors (Lipinski definition) is 0. The number of alkyl halides is 1. The zero-order valence-corrected chi connectivity index (χ0v) is 15.4. The van der Waals surface area contributed by atoms with Crippen LogP contribution in [0.15, 0.2) is 12.2 Å². The van der Waals surface area contributed by atoms with Gasteiger partial charge in [-0.1, -0.05) is 64.0 Å². The van der Waals surface area contributed by atoms with E-state index in [4.69, 9.17) is 21.1 Å². The largest absolute Gasteiger partial charge is 0.355 e. The predicted octanol–water partition coefficient (Wildman–Crippen LogP) is 6.47. The number of allylic oxidation sites excluding steroid dienone is 1. The van der Waals surface area contributed by atoms with Crippen LogP contribution < -0.4 is 0 Å². The first-order valence-electron chi connectivity index (χ1n) is 9.28. The van der Waals surface area contributed by atoms with Crippen molar-refractivity contribution in [2.24, 2.45) is 0 Å². The van der Waals surface area contributed by atoms with Crippen molar-refractivity contribution >= 4 is 11.6 Å². The normalized spacial score (nSPS) is 11.5. The Morgan fingerprint density at radius 1 is 0.682 bits per heavy atom. The van der Waals surface area contributed by atoms with E-state index >= 15 is 0 Å². The summed E-state index contributed by atoms with van der Waals surface area (Å²) in [5, 5.41) is 0. The minimum atomic E-state index is 0.446. The fraction of sp³-hybridized carbons (Fsp3) is 0.895. The van der Waals surface area contributed by atoms with E-state index < -0.39 is 0 Å². The third kappa shape index (κ3) is 19.9. The number of halogens is 1. The molecular formula is C19H37ClO2. The van der Waals surface area contributed by atoms with Crippen LogP contribution in [-0.4, -0.2) is 25.9 Å². The van der Waals surface area contributed by atoms with Gasteiger partial charge in [-0.2, -0.15) is 0 Å². The first-order chi connectivity index (χ1) is 10.9. The molecule has 0 saturated carbocycles. The summed E-state index contributed by atoms with van der Waals surface area (Å²) in [6, 6.07) is 0. The van der Waals surface area contributed by atoms with E-state index in [9.17, 15) is 0 Å². The SMILES string of the molecule is CCCCCCCCOCOCCC=CCCCCCCCl. The van der Waals surface area contributed by atoms with Crippen molar-refractivity contribution in [2.75, 3.05) is 25.9 Å². The molecule has 0 aliphatic heterocycles. The number of hydrogen-bond acceptors (Lipinski definition) is 2. The van der Waals surface area contributed by atoms with Gasteiger partial charge >= 0.3 is 0 Å². The molecule has 0 spiro atoms. The molecule has 0 fully saturated rings. The lowest BCUT2D eigenvalue weighted by Gasteiger charge is -2.04. The Bertz CT molecular complexity index is 219. The Hall–Kier alpha value is -0.0500. The summed E-state index contributed by atoms with van der Waals surface area (Å²) in [4.78, 5) is 0. The molecular weight excluding hydrogens is 296 g/mol. The Morgan fingerprint density at radius 2 is 1.32 bits per heavy atom. The first kappa shape index (κ1) is 21.9. The molecule has 0 bridgehead atoms. The molecule has 0 radical (unpaired) electrons. The highest BCUT2D eigenvalue weighted by Crippen LogP contribution is 2.05. The van der Waals surface area contributed by atoms with E-state index in [2.05, 4.69) is 19.1 Å². The molecule has 2 nitrogen and oxygen atoms in total. The summed E-state index contributed by atoms with van der Waals surface area (Å²) in [5.41, 5.74) is 0. The molecule has 0 saturated heterocycles. The zero-order valence-electron chi connectivity index (χ0n) is 14.7. The molecule has 0 aliphatic carbocycles. The quantitative estimate of drug-likeness (QED) is 0.124. The molecule has 132 valence electrons. The highest BCUT2D eigenvalue weighted by molar-refractivity contribution is 6.17. The van der Waals surface area contributed by atoms with Crippen LogP contribution in [0.4, 0.5) is 0 Å². The van der Waals surface area contributed by atoms with Crippen LogP contribution in [0.25, 0.3) is 0 Å². The number of rotatable bonds is 18. The molecule has 0 aromatic rings.